The topological polar surface area (TPSA) is 106 Å². The molecule has 4 N–H and O–H groups in total. The fourth-order valence-electron chi connectivity index (χ4n) is 3.02. The van der Waals surface area contributed by atoms with Crippen molar-refractivity contribution in [1.29, 1.82) is 0 Å². The van der Waals surface area contributed by atoms with Crippen LogP contribution < -0.4 is 21.1 Å². The summed E-state index contributed by atoms with van der Waals surface area (Å²) < 4.78 is 18.7. The molecule has 1 aromatic heterocycles. The second-order valence-electron chi connectivity index (χ2n) is 7.02. The molecule has 0 bridgehead atoms. The van der Waals surface area contributed by atoms with Crippen LogP contribution in [0.4, 0.5) is 20.6 Å². The van der Waals surface area contributed by atoms with Crippen molar-refractivity contribution in [2.24, 2.45) is 5.73 Å². The van der Waals surface area contributed by atoms with Gasteiger partial charge in [-0.1, -0.05) is 18.2 Å². The van der Waals surface area contributed by atoms with Crippen LogP contribution in [0.15, 0.2) is 91.0 Å². The summed E-state index contributed by atoms with van der Waals surface area (Å²) in [6.07, 6.45) is 0. The summed E-state index contributed by atoms with van der Waals surface area (Å²) in [6.45, 7) is 0. The number of para-hydroxylation sites is 1. The summed E-state index contributed by atoms with van der Waals surface area (Å²) in [4.78, 5) is 28.4. The lowest BCUT2D eigenvalue weighted by Crippen LogP contribution is -2.20. The molecule has 0 saturated carbocycles. The summed E-state index contributed by atoms with van der Waals surface area (Å²) >= 11 is 0. The third-order valence-corrected chi connectivity index (χ3v) is 4.57. The first-order chi connectivity index (χ1) is 16.0. The number of halogens is 1. The molecule has 4 rings (SSSR count). The molecule has 0 fully saturated rings. The Morgan fingerprint density at radius 3 is 2.03 bits per heavy atom. The number of benzene rings is 3. The minimum absolute atomic E-state index is 0.00847. The zero-order valence-corrected chi connectivity index (χ0v) is 17.3. The largest absolute Gasteiger partial charge is 0.457 e. The van der Waals surface area contributed by atoms with Gasteiger partial charge >= 0.3 is 6.03 Å². The molecular weight excluding hydrogens is 423 g/mol. The fraction of sp³-hybridized carbons (Fsp3) is 0. The summed E-state index contributed by atoms with van der Waals surface area (Å²) in [5, 5.41) is 5.40. The maximum Gasteiger partial charge on any atom is 0.323 e. The summed E-state index contributed by atoms with van der Waals surface area (Å²) in [5.74, 6) is -0.0366. The SMILES string of the molecule is NC(=O)c1cc(NC(=O)Nc2ccccc2)cc(-c2ccc(Oc3ccc(F)cc3)cc2)n1. The highest BCUT2D eigenvalue weighted by Crippen LogP contribution is 2.27. The number of ether oxygens (including phenoxy) is 1. The number of hydrogen-bond donors (Lipinski definition) is 3. The minimum Gasteiger partial charge on any atom is -0.457 e. The third-order valence-electron chi connectivity index (χ3n) is 4.57. The molecule has 3 amide bonds. The van der Waals surface area contributed by atoms with Gasteiger partial charge < -0.3 is 21.1 Å². The first-order valence-corrected chi connectivity index (χ1v) is 9.95. The molecule has 0 unspecified atom stereocenters. The Balaban J connectivity index is 1.54. The van der Waals surface area contributed by atoms with E-state index in [0.717, 1.165) is 0 Å². The second-order valence-corrected chi connectivity index (χ2v) is 7.02. The van der Waals surface area contributed by atoms with E-state index in [1.165, 1.54) is 30.3 Å². The Morgan fingerprint density at radius 1 is 0.788 bits per heavy atom. The Morgan fingerprint density at radius 2 is 1.39 bits per heavy atom. The zero-order valence-electron chi connectivity index (χ0n) is 17.3. The van der Waals surface area contributed by atoms with E-state index in [4.69, 9.17) is 10.5 Å². The molecule has 0 aliphatic heterocycles. The minimum atomic E-state index is -0.723. The molecule has 0 radical (unpaired) electrons. The zero-order chi connectivity index (χ0) is 23.2. The molecule has 4 aromatic rings. The number of nitrogens with one attached hydrogen (secondary N) is 2. The van der Waals surface area contributed by atoms with Crippen LogP contribution in [0.3, 0.4) is 0 Å². The van der Waals surface area contributed by atoms with E-state index >= 15 is 0 Å². The lowest BCUT2D eigenvalue weighted by atomic mass is 10.1. The van der Waals surface area contributed by atoms with Gasteiger partial charge in [-0.15, -0.1) is 0 Å². The van der Waals surface area contributed by atoms with E-state index in [-0.39, 0.29) is 11.5 Å². The number of carbonyl (C=O) groups is 2. The Hall–Kier alpha value is -4.72. The van der Waals surface area contributed by atoms with Gasteiger partial charge in [0.05, 0.1) is 5.69 Å². The standard InChI is InChI=1S/C25H19FN4O3/c26-17-8-12-21(13-9-17)33-20-10-6-16(7-11-20)22-14-19(15-23(30-22)24(27)31)29-25(32)28-18-4-2-1-3-5-18/h1-15H,(H2,27,31)(H2,28,29,30,32). The molecule has 1 heterocycles. The van der Waals surface area contributed by atoms with Crippen molar-refractivity contribution < 1.29 is 18.7 Å². The molecule has 0 aliphatic rings. The van der Waals surface area contributed by atoms with Crippen LogP contribution in [-0.4, -0.2) is 16.9 Å². The first-order valence-electron chi connectivity index (χ1n) is 9.95. The summed E-state index contributed by atoms with van der Waals surface area (Å²) in [7, 11) is 0. The number of rotatable bonds is 6. The number of anilines is 2. The van der Waals surface area contributed by atoms with Crippen molar-refractivity contribution in [3.05, 3.63) is 103 Å². The van der Waals surface area contributed by atoms with E-state index in [2.05, 4.69) is 15.6 Å². The number of hydrogen-bond acceptors (Lipinski definition) is 4. The van der Waals surface area contributed by atoms with Crippen LogP contribution in [0.25, 0.3) is 11.3 Å². The summed E-state index contributed by atoms with van der Waals surface area (Å²) in [5.41, 5.74) is 7.53. The molecule has 0 saturated heterocycles. The first kappa shape index (κ1) is 21.5. The van der Waals surface area contributed by atoms with Crippen LogP contribution in [-0.2, 0) is 0 Å². The monoisotopic (exact) mass is 442 g/mol. The van der Waals surface area contributed by atoms with Crippen LogP contribution in [0.1, 0.15) is 10.5 Å². The predicted molar refractivity (Wildman–Crippen MR) is 124 cm³/mol. The van der Waals surface area contributed by atoms with Crippen molar-refractivity contribution in [3.8, 4) is 22.8 Å². The highest BCUT2D eigenvalue weighted by molar-refractivity contribution is 6.01. The van der Waals surface area contributed by atoms with Crippen molar-refractivity contribution in [2.75, 3.05) is 10.6 Å². The molecule has 8 heteroatoms. The van der Waals surface area contributed by atoms with Crippen LogP contribution in [0.5, 0.6) is 11.5 Å². The third kappa shape index (κ3) is 5.71. The van der Waals surface area contributed by atoms with Gasteiger partial charge in [0.25, 0.3) is 5.91 Å². The van der Waals surface area contributed by atoms with Gasteiger partial charge in [0.1, 0.15) is 23.0 Å². The van der Waals surface area contributed by atoms with E-state index in [1.54, 1.807) is 54.6 Å². The van der Waals surface area contributed by atoms with Crippen LogP contribution in [0.2, 0.25) is 0 Å². The molecule has 164 valence electrons. The van der Waals surface area contributed by atoms with Crippen LogP contribution >= 0.6 is 0 Å². The Kier molecular flexibility index (Phi) is 6.26. The molecule has 0 spiro atoms. The van der Waals surface area contributed by atoms with Crippen molar-refractivity contribution in [1.82, 2.24) is 4.98 Å². The fourth-order valence-corrected chi connectivity index (χ4v) is 3.02. The van der Waals surface area contributed by atoms with Crippen LogP contribution in [0, 0.1) is 5.82 Å². The second kappa shape index (κ2) is 9.61. The number of pyridine rings is 1. The Bertz CT molecular complexity index is 1280. The van der Waals surface area contributed by atoms with Gasteiger partial charge in [-0.2, -0.15) is 0 Å². The van der Waals surface area contributed by atoms with E-state index in [0.29, 0.717) is 34.1 Å². The van der Waals surface area contributed by atoms with E-state index < -0.39 is 11.9 Å². The van der Waals surface area contributed by atoms with Gasteiger partial charge in [-0.3, -0.25) is 4.79 Å². The maximum absolute atomic E-state index is 13.1. The smallest absolute Gasteiger partial charge is 0.323 e. The lowest BCUT2D eigenvalue weighted by Gasteiger charge is -2.11. The number of aromatic nitrogens is 1. The quantitative estimate of drug-likeness (QED) is 0.370. The van der Waals surface area contributed by atoms with E-state index in [9.17, 15) is 14.0 Å². The van der Waals surface area contributed by atoms with E-state index in [1.807, 2.05) is 6.07 Å². The van der Waals surface area contributed by atoms with Gasteiger partial charge in [-0.25, -0.2) is 14.2 Å². The lowest BCUT2D eigenvalue weighted by molar-refractivity contribution is 0.0995. The normalized spacial score (nSPS) is 10.3. The molecule has 3 aromatic carbocycles. The molecule has 0 aliphatic carbocycles. The number of urea groups is 1. The number of primary amides is 1. The highest BCUT2D eigenvalue weighted by Gasteiger charge is 2.12. The number of nitrogens with zero attached hydrogens (tertiary/aromatic N) is 1. The predicted octanol–water partition coefficient (Wildman–Crippen LogP) is 5.42. The summed E-state index contributed by atoms with van der Waals surface area (Å²) in [6, 6.07) is 24.1. The number of amides is 3. The van der Waals surface area contributed by atoms with Gasteiger partial charge in [-0.05, 0) is 72.8 Å². The molecule has 33 heavy (non-hydrogen) atoms. The highest BCUT2D eigenvalue weighted by atomic mass is 19.1. The average molecular weight is 442 g/mol. The number of nitrogens with two attached hydrogens (primary N) is 1. The average Bonchev–Trinajstić information content (AvgIpc) is 2.81. The molecule has 7 nitrogen and oxygen atoms in total. The van der Waals surface area contributed by atoms with Gasteiger partial charge in [0.15, 0.2) is 0 Å². The van der Waals surface area contributed by atoms with Crippen molar-refractivity contribution in [3.63, 3.8) is 0 Å². The molecular formula is C25H19FN4O3. The maximum atomic E-state index is 13.1. The Labute approximate surface area is 189 Å². The van der Waals surface area contributed by atoms with Crippen molar-refractivity contribution in [2.45, 2.75) is 0 Å². The van der Waals surface area contributed by atoms with Gasteiger partial charge in [0.2, 0.25) is 0 Å². The van der Waals surface area contributed by atoms with Gasteiger partial charge in [0, 0.05) is 16.9 Å². The molecule has 0 atom stereocenters. The van der Waals surface area contributed by atoms with Crippen molar-refractivity contribution >= 4 is 23.3 Å². The number of carbonyl (C=O) groups excluding carboxylic acids is 2.